The van der Waals surface area contributed by atoms with Crippen LogP contribution in [0.1, 0.15) is 10.4 Å². The molecule has 9 heteroatoms. The van der Waals surface area contributed by atoms with E-state index < -0.39 is 10.9 Å². The first-order valence-corrected chi connectivity index (χ1v) is 6.56. The van der Waals surface area contributed by atoms with Crippen LogP contribution in [0, 0.1) is 10.1 Å². The van der Waals surface area contributed by atoms with Crippen LogP contribution in [0.3, 0.4) is 0 Å². The third-order valence-electron chi connectivity index (χ3n) is 2.39. The van der Waals surface area contributed by atoms with Crippen LogP contribution >= 0.6 is 27.5 Å². The molecule has 0 aliphatic carbocycles. The van der Waals surface area contributed by atoms with Crippen molar-refractivity contribution in [2.75, 3.05) is 0 Å². The SMILES string of the molecule is O=C(O)c1ccc(Br)c(Oc2ncc([N+](=O)[O-])cc2Cl)c1. The van der Waals surface area contributed by atoms with E-state index in [4.69, 9.17) is 21.4 Å². The maximum Gasteiger partial charge on any atom is 0.335 e. The third-order valence-corrected chi connectivity index (χ3v) is 3.31. The van der Waals surface area contributed by atoms with Crippen molar-refractivity contribution in [2.45, 2.75) is 0 Å². The number of hydrogen-bond donors (Lipinski definition) is 1. The molecule has 0 amide bonds. The van der Waals surface area contributed by atoms with E-state index in [9.17, 15) is 14.9 Å². The Morgan fingerprint density at radius 2 is 2.14 bits per heavy atom. The fourth-order valence-corrected chi connectivity index (χ4v) is 1.94. The number of carbonyl (C=O) groups is 1. The Balaban J connectivity index is 2.36. The van der Waals surface area contributed by atoms with Gasteiger partial charge < -0.3 is 9.84 Å². The Morgan fingerprint density at radius 3 is 2.71 bits per heavy atom. The Morgan fingerprint density at radius 1 is 1.43 bits per heavy atom. The quantitative estimate of drug-likeness (QED) is 0.644. The minimum Gasteiger partial charge on any atom is -0.478 e. The summed E-state index contributed by atoms with van der Waals surface area (Å²) >= 11 is 9.06. The Bertz CT molecular complexity index is 738. The smallest absolute Gasteiger partial charge is 0.335 e. The topological polar surface area (TPSA) is 103 Å². The maximum atomic E-state index is 10.9. The number of ether oxygens (including phenoxy) is 1. The summed E-state index contributed by atoms with van der Waals surface area (Å²) in [4.78, 5) is 24.6. The number of carboxylic acid groups (broad SMARTS) is 1. The molecule has 0 atom stereocenters. The zero-order valence-electron chi connectivity index (χ0n) is 10.1. The van der Waals surface area contributed by atoms with Gasteiger partial charge in [0.1, 0.15) is 17.0 Å². The van der Waals surface area contributed by atoms with Crippen LogP contribution in [0.25, 0.3) is 0 Å². The molecular formula is C12H6BrClN2O5. The number of rotatable bonds is 4. The molecule has 21 heavy (non-hydrogen) atoms. The molecule has 1 aromatic carbocycles. The van der Waals surface area contributed by atoms with Crippen LogP contribution in [0.2, 0.25) is 5.02 Å². The van der Waals surface area contributed by atoms with Gasteiger partial charge in [0.05, 0.1) is 15.0 Å². The van der Waals surface area contributed by atoms with Gasteiger partial charge in [0, 0.05) is 6.07 Å². The van der Waals surface area contributed by atoms with E-state index in [0.29, 0.717) is 4.47 Å². The van der Waals surface area contributed by atoms with E-state index in [1.54, 1.807) is 0 Å². The molecule has 0 radical (unpaired) electrons. The minimum atomic E-state index is -1.12. The molecule has 0 fully saturated rings. The van der Waals surface area contributed by atoms with Crippen molar-refractivity contribution >= 4 is 39.2 Å². The van der Waals surface area contributed by atoms with Gasteiger partial charge in [-0.1, -0.05) is 11.6 Å². The monoisotopic (exact) mass is 372 g/mol. The standard InChI is InChI=1S/C12H6BrClN2O5/c13-8-2-1-6(12(17)18)3-10(8)21-11-9(14)4-7(5-15-11)16(19)20/h1-5H,(H,17,18). The van der Waals surface area contributed by atoms with Crippen molar-refractivity contribution in [2.24, 2.45) is 0 Å². The van der Waals surface area contributed by atoms with E-state index in [0.717, 1.165) is 12.3 Å². The van der Waals surface area contributed by atoms with Crippen LogP contribution in [-0.4, -0.2) is 21.0 Å². The van der Waals surface area contributed by atoms with Crippen LogP contribution in [0.5, 0.6) is 11.6 Å². The molecule has 0 saturated heterocycles. The number of benzene rings is 1. The summed E-state index contributed by atoms with van der Waals surface area (Å²) < 4.78 is 5.88. The second kappa shape index (κ2) is 6.06. The highest BCUT2D eigenvalue weighted by Gasteiger charge is 2.15. The highest BCUT2D eigenvalue weighted by molar-refractivity contribution is 9.10. The molecule has 0 aliphatic heterocycles. The summed E-state index contributed by atoms with van der Waals surface area (Å²) in [7, 11) is 0. The molecule has 1 N–H and O–H groups in total. The number of pyridine rings is 1. The molecule has 0 bridgehead atoms. The first-order chi connectivity index (χ1) is 9.88. The average Bonchev–Trinajstić information content (AvgIpc) is 2.42. The van der Waals surface area contributed by atoms with Crippen LogP contribution < -0.4 is 4.74 Å². The van der Waals surface area contributed by atoms with Gasteiger partial charge in [-0.15, -0.1) is 0 Å². The van der Waals surface area contributed by atoms with Crippen molar-refractivity contribution in [3.8, 4) is 11.6 Å². The van der Waals surface area contributed by atoms with Gasteiger partial charge in [0.2, 0.25) is 5.88 Å². The summed E-state index contributed by atoms with van der Waals surface area (Å²) in [6.45, 7) is 0. The third kappa shape index (κ3) is 3.47. The van der Waals surface area contributed by atoms with Crippen molar-refractivity contribution in [1.29, 1.82) is 0 Å². The molecule has 0 spiro atoms. The fraction of sp³-hybridized carbons (Fsp3) is 0. The van der Waals surface area contributed by atoms with Gasteiger partial charge in [0.25, 0.3) is 5.69 Å². The lowest BCUT2D eigenvalue weighted by atomic mass is 10.2. The summed E-state index contributed by atoms with van der Waals surface area (Å²) in [5.74, 6) is -1.00. The van der Waals surface area contributed by atoms with Crippen molar-refractivity contribution in [3.05, 3.63) is 55.6 Å². The second-order valence-corrected chi connectivity index (χ2v) is 5.05. The molecule has 108 valence electrons. The summed E-state index contributed by atoms with van der Waals surface area (Å²) in [6.07, 6.45) is 0.996. The fourth-order valence-electron chi connectivity index (χ4n) is 1.41. The first-order valence-electron chi connectivity index (χ1n) is 5.39. The van der Waals surface area contributed by atoms with Crippen LogP contribution in [0.15, 0.2) is 34.9 Å². The Kier molecular flexibility index (Phi) is 4.39. The van der Waals surface area contributed by atoms with E-state index in [1.165, 1.54) is 18.2 Å². The molecule has 7 nitrogen and oxygen atoms in total. The molecule has 1 heterocycles. The van der Waals surface area contributed by atoms with Gasteiger partial charge in [-0.3, -0.25) is 10.1 Å². The number of nitrogens with zero attached hydrogens (tertiary/aromatic N) is 2. The molecule has 0 aliphatic rings. The molecule has 1 aromatic heterocycles. The van der Waals surface area contributed by atoms with Gasteiger partial charge in [-0.25, -0.2) is 9.78 Å². The van der Waals surface area contributed by atoms with Gasteiger partial charge in [-0.2, -0.15) is 0 Å². The second-order valence-electron chi connectivity index (χ2n) is 3.79. The number of nitro groups is 1. The van der Waals surface area contributed by atoms with Gasteiger partial charge >= 0.3 is 5.97 Å². The number of aromatic nitrogens is 1. The molecule has 0 saturated carbocycles. The Labute approximate surface area is 131 Å². The number of hydrogen-bond acceptors (Lipinski definition) is 5. The molecular weight excluding hydrogens is 367 g/mol. The minimum absolute atomic E-state index is 0.0197. The molecule has 0 unspecified atom stereocenters. The average molecular weight is 374 g/mol. The van der Waals surface area contributed by atoms with E-state index in [-0.39, 0.29) is 27.9 Å². The predicted octanol–water partition coefficient (Wildman–Crippen LogP) is 3.90. The number of halogens is 2. The van der Waals surface area contributed by atoms with Crippen LogP contribution in [-0.2, 0) is 0 Å². The molecule has 2 aromatic rings. The van der Waals surface area contributed by atoms with Gasteiger partial charge in [-0.05, 0) is 34.1 Å². The number of aromatic carboxylic acids is 1. The van der Waals surface area contributed by atoms with Crippen LogP contribution in [0.4, 0.5) is 5.69 Å². The highest BCUT2D eigenvalue weighted by Crippen LogP contribution is 2.34. The predicted molar refractivity (Wildman–Crippen MR) is 77.1 cm³/mol. The Hall–Kier alpha value is -2.19. The summed E-state index contributed by atoms with van der Waals surface area (Å²) in [5.41, 5.74) is -0.253. The van der Waals surface area contributed by atoms with Crippen molar-refractivity contribution in [1.82, 2.24) is 4.98 Å². The zero-order chi connectivity index (χ0) is 15.6. The first kappa shape index (κ1) is 15.2. The van der Waals surface area contributed by atoms with E-state index in [2.05, 4.69) is 20.9 Å². The summed E-state index contributed by atoms with van der Waals surface area (Å²) in [6, 6.07) is 5.27. The zero-order valence-corrected chi connectivity index (χ0v) is 12.5. The van der Waals surface area contributed by atoms with E-state index in [1.807, 2.05) is 0 Å². The summed E-state index contributed by atoms with van der Waals surface area (Å²) in [5, 5.41) is 19.5. The highest BCUT2D eigenvalue weighted by atomic mass is 79.9. The largest absolute Gasteiger partial charge is 0.478 e. The van der Waals surface area contributed by atoms with Crippen molar-refractivity contribution < 1.29 is 19.6 Å². The van der Waals surface area contributed by atoms with E-state index >= 15 is 0 Å². The van der Waals surface area contributed by atoms with Gasteiger partial charge in [0.15, 0.2) is 0 Å². The normalized spacial score (nSPS) is 10.2. The lowest BCUT2D eigenvalue weighted by molar-refractivity contribution is -0.385. The maximum absolute atomic E-state index is 10.9. The lowest BCUT2D eigenvalue weighted by Crippen LogP contribution is -1.98. The lowest BCUT2D eigenvalue weighted by Gasteiger charge is -2.08. The molecule has 2 rings (SSSR count). The number of carboxylic acids is 1. The van der Waals surface area contributed by atoms with Crippen molar-refractivity contribution in [3.63, 3.8) is 0 Å².